The van der Waals surface area contributed by atoms with Gasteiger partial charge in [-0.2, -0.15) is 0 Å². The molecule has 1 saturated heterocycles. The van der Waals surface area contributed by atoms with Crippen LogP contribution in [0.15, 0.2) is 54.6 Å². The van der Waals surface area contributed by atoms with Crippen LogP contribution in [0.5, 0.6) is 5.75 Å². The van der Waals surface area contributed by atoms with Crippen LogP contribution in [0.25, 0.3) is 20.7 Å². The number of aliphatic hydroxyl groups is 1. The zero-order valence-corrected chi connectivity index (χ0v) is 20.6. The van der Waals surface area contributed by atoms with Gasteiger partial charge in [0.2, 0.25) is 0 Å². The van der Waals surface area contributed by atoms with Gasteiger partial charge in [0.1, 0.15) is 10.8 Å². The van der Waals surface area contributed by atoms with E-state index in [0.29, 0.717) is 19.8 Å². The first-order valence-electron chi connectivity index (χ1n) is 10.7. The molecule has 9 heteroatoms. The summed E-state index contributed by atoms with van der Waals surface area (Å²) in [7, 11) is -3.18. The maximum Gasteiger partial charge on any atom is 0.333 e. The summed E-state index contributed by atoms with van der Waals surface area (Å²) in [5.74, 6) is 0.771. The van der Waals surface area contributed by atoms with E-state index in [-0.39, 0.29) is 6.16 Å². The van der Waals surface area contributed by atoms with Crippen LogP contribution in [0.4, 0.5) is 0 Å². The van der Waals surface area contributed by atoms with E-state index in [4.69, 9.17) is 18.8 Å². The van der Waals surface area contributed by atoms with Gasteiger partial charge in [-0.3, -0.25) is 4.57 Å². The number of nitrogens with zero attached hydrogens (tertiary/aromatic N) is 1. The Bertz CT molecular complexity index is 1290. The van der Waals surface area contributed by atoms with E-state index in [1.807, 2.05) is 42.5 Å². The molecule has 0 bridgehead atoms. The minimum Gasteiger partial charge on any atom is -0.493 e. The minimum absolute atomic E-state index is 0.0266. The summed E-state index contributed by atoms with van der Waals surface area (Å²) in [6.07, 6.45) is -0.181. The zero-order chi connectivity index (χ0) is 22.8. The highest BCUT2D eigenvalue weighted by Crippen LogP contribution is 2.54. The van der Waals surface area contributed by atoms with Crippen molar-refractivity contribution in [3.8, 4) is 16.3 Å². The molecule has 1 fully saturated rings. The average molecular weight is 502 g/mol. The highest BCUT2D eigenvalue weighted by Gasteiger charge is 2.33. The maximum absolute atomic E-state index is 12.4. The van der Waals surface area contributed by atoms with Gasteiger partial charge in [0, 0.05) is 26.4 Å². The fourth-order valence-corrected chi connectivity index (χ4v) is 7.45. The van der Waals surface area contributed by atoms with Crippen molar-refractivity contribution in [3.05, 3.63) is 70.0 Å². The van der Waals surface area contributed by atoms with Crippen molar-refractivity contribution >= 4 is 40.4 Å². The number of thiophene rings is 1. The van der Waals surface area contributed by atoms with Gasteiger partial charge in [0.25, 0.3) is 0 Å². The first-order chi connectivity index (χ1) is 16.0. The Morgan fingerprint density at radius 2 is 1.91 bits per heavy atom. The molecule has 5 rings (SSSR count). The highest BCUT2D eigenvalue weighted by atomic mass is 32.1. The number of aryl methyl sites for hydroxylation is 1. The second kappa shape index (κ2) is 9.66. The average Bonchev–Trinajstić information content (AvgIpc) is 3.53. The molecule has 33 heavy (non-hydrogen) atoms. The third-order valence-corrected chi connectivity index (χ3v) is 9.64. The molecule has 0 amide bonds. The molecule has 0 aliphatic carbocycles. The van der Waals surface area contributed by atoms with Crippen molar-refractivity contribution in [2.45, 2.75) is 19.4 Å². The van der Waals surface area contributed by atoms with Gasteiger partial charge in [0.15, 0.2) is 0 Å². The number of aromatic nitrogens is 1. The monoisotopic (exact) mass is 501 g/mol. The number of benzene rings is 2. The summed E-state index contributed by atoms with van der Waals surface area (Å²) in [4.78, 5) is 6.75. The number of ether oxygens (including phenoxy) is 1. The lowest BCUT2D eigenvalue weighted by Gasteiger charge is -2.13. The third-order valence-electron chi connectivity index (χ3n) is 5.41. The van der Waals surface area contributed by atoms with E-state index < -0.39 is 13.7 Å². The lowest BCUT2D eigenvalue weighted by atomic mass is 10.2. The Morgan fingerprint density at radius 3 is 2.70 bits per heavy atom. The van der Waals surface area contributed by atoms with Crippen LogP contribution in [0.2, 0.25) is 0 Å². The van der Waals surface area contributed by atoms with Crippen molar-refractivity contribution in [1.29, 1.82) is 0 Å². The fourth-order valence-electron chi connectivity index (χ4n) is 3.72. The van der Waals surface area contributed by atoms with Crippen molar-refractivity contribution in [1.82, 2.24) is 4.98 Å². The lowest BCUT2D eigenvalue weighted by Crippen LogP contribution is -2.02. The largest absolute Gasteiger partial charge is 0.493 e. The first kappa shape index (κ1) is 22.7. The predicted octanol–water partition coefficient (Wildman–Crippen LogP) is 6.23. The Kier molecular flexibility index (Phi) is 6.65. The Hall–Kier alpha value is -2.06. The molecule has 172 valence electrons. The number of hydrogen-bond acceptors (Lipinski definition) is 8. The van der Waals surface area contributed by atoms with E-state index in [9.17, 15) is 9.67 Å². The molecule has 0 spiro atoms. The summed E-state index contributed by atoms with van der Waals surface area (Å²) in [5, 5.41) is 12.5. The quantitative estimate of drug-likeness (QED) is 0.289. The summed E-state index contributed by atoms with van der Waals surface area (Å²) < 4.78 is 29.8. The van der Waals surface area contributed by atoms with Crippen LogP contribution >= 0.6 is 30.3 Å². The Morgan fingerprint density at radius 1 is 1.12 bits per heavy atom. The smallest absolute Gasteiger partial charge is 0.333 e. The van der Waals surface area contributed by atoms with Gasteiger partial charge in [-0.25, -0.2) is 4.98 Å². The van der Waals surface area contributed by atoms with E-state index in [1.54, 1.807) is 11.3 Å². The van der Waals surface area contributed by atoms with Crippen molar-refractivity contribution in [3.63, 3.8) is 0 Å². The minimum atomic E-state index is -3.18. The molecule has 3 heterocycles. The maximum atomic E-state index is 12.4. The Balaban J connectivity index is 1.22. The van der Waals surface area contributed by atoms with Gasteiger partial charge in [-0.15, -0.1) is 22.7 Å². The molecule has 6 nitrogen and oxygen atoms in total. The third kappa shape index (κ3) is 5.22. The highest BCUT2D eigenvalue weighted by molar-refractivity contribution is 7.54. The molecule has 2 aromatic heterocycles. The van der Waals surface area contributed by atoms with Gasteiger partial charge in [0.05, 0.1) is 37.8 Å². The molecule has 1 N–H and O–H groups in total. The molecule has 0 radical (unpaired) electrons. The molecule has 1 unspecified atom stereocenters. The summed E-state index contributed by atoms with van der Waals surface area (Å²) in [6.45, 7) is 3.25. The molecule has 1 aliphatic rings. The predicted molar refractivity (Wildman–Crippen MR) is 133 cm³/mol. The van der Waals surface area contributed by atoms with Crippen LogP contribution in [-0.4, -0.2) is 36.1 Å². The van der Waals surface area contributed by atoms with E-state index >= 15 is 0 Å². The number of hydrogen-bond donors (Lipinski definition) is 1. The first-order valence-corrected chi connectivity index (χ1v) is 14.1. The molecule has 2 aromatic carbocycles. The fraction of sp³-hybridized carbons (Fsp3) is 0.292. The number of fused-ring (bicyclic) bond motifs is 1. The number of aliphatic hydroxyl groups excluding tert-OH is 1. The zero-order valence-electron chi connectivity index (χ0n) is 18.1. The van der Waals surface area contributed by atoms with Crippen LogP contribution < -0.4 is 4.74 Å². The number of thiazole rings is 1. The van der Waals surface area contributed by atoms with E-state index in [0.717, 1.165) is 43.4 Å². The van der Waals surface area contributed by atoms with Gasteiger partial charge < -0.3 is 18.9 Å². The molecule has 1 aliphatic heterocycles. The topological polar surface area (TPSA) is 77.9 Å². The van der Waals surface area contributed by atoms with Gasteiger partial charge in [-0.05, 0) is 36.6 Å². The SMILES string of the molecule is Cc1sc(-c2ccccc2)nc1CCOc1ccc2sc(C(O)CP3(=O)OCCO3)cc2c1. The molecule has 0 saturated carbocycles. The van der Waals surface area contributed by atoms with Crippen molar-refractivity contribution in [2.24, 2.45) is 0 Å². The van der Waals surface area contributed by atoms with Crippen molar-refractivity contribution < 1.29 is 23.5 Å². The Labute approximate surface area is 200 Å². The van der Waals surface area contributed by atoms with E-state index in [2.05, 4.69) is 19.1 Å². The van der Waals surface area contributed by atoms with Crippen LogP contribution in [0, 0.1) is 6.92 Å². The summed E-state index contributed by atoms with van der Waals surface area (Å²) >= 11 is 3.18. The molecular formula is C24H24NO5PS2. The van der Waals surface area contributed by atoms with Gasteiger partial charge in [-0.1, -0.05) is 30.3 Å². The normalized spacial score (nSPS) is 16.3. The second-order valence-corrected chi connectivity index (χ2v) is 12.2. The van der Waals surface area contributed by atoms with Crippen LogP contribution in [0.3, 0.4) is 0 Å². The summed E-state index contributed by atoms with van der Waals surface area (Å²) in [5.41, 5.74) is 2.20. The lowest BCUT2D eigenvalue weighted by molar-refractivity contribution is 0.195. The van der Waals surface area contributed by atoms with E-state index in [1.165, 1.54) is 16.2 Å². The van der Waals surface area contributed by atoms with Gasteiger partial charge >= 0.3 is 7.60 Å². The second-order valence-electron chi connectivity index (χ2n) is 7.81. The summed E-state index contributed by atoms with van der Waals surface area (Å²) in [6, 6.07) is 18.0. The van der Waals surface area contributed by atoms with Crippen molar-refractivity contribution in [2.75, 3.05) is 26.0 Å². The standard InChI is InChI=1S/C24H24NO5PS2/c1-16-20(25-24(32-16)17-5-3-2-4-6-17)9-10-28-19-7-8-22-18(13-19)14-23(33-22)21(26)15-31(27)29-11-12-30-31/h2-8,13-14,21,26H,9-12,15H2,1H3. The molecule has 4 aromatic rings. The molecular weight excluding hydrogens is 477 g/mol. The van der Waals surface area contributed by atoms with Crippen LogP contribution in [0.1, 0.15) is 21.6 Å². The molecule has 1 atom stereocenters. The van der Waals surface area contributed by atoms with Crippen LogP contribution in [-0.2, 0) is 20.0 Å². The number of rotatable bonds is 8.